The fraction of sp³-hybridized carbons (Fsp3) is 0.286. The lowest BCUT2D eigenvalue weighted by Crippen LogP contribution is -2.41. The molecule has 1 fully saturated rings. The van der Waals surface area contributed by atoms with Crippen LogP contribution in [-0.2, 0) is 22.6 Å². The summed E-state index contributed by atoms with van der Waals surface area (Å²) in [6.45, 7) is 1.67. The minimum absolute atomic E-state index is 0.0259. The van der Waals surface area contributed by atoms with Crippen molar-refractivity contribution in [3.63, 3.8) is 0 Å². The Balaban J connectivity index is 1.23. The summed E-state index contributed by atoms with van der Waals surface area (Å²) in [5, 5.41) is 5.90. The Morgan fingerprint density at radius 2 is 1.77 bits per heavy atom. The molecule has 178 valence electrons. The third-order valence-electron chi connectivity index (χ3n) is 6.93. The minimum atomic E-state index is -0.303. The molecule has 1 saturated heterocycles. The predicted octanol–water partition coefficient (Wildman–Crippen LogP) is 3.53. The molecule has 2 N–H and O–H groups in total. The quantitative estimate of drug-likeness (QED) is 0.579. The summed E-state index contributed by atoms with van der Waals surface area (Å²) in [5.74, 6) is -0.260. The highest BCUT2D eigenvalue weighted by atomic mass is 16.2. The van der Waals surface area contributed by atoms with Crippen LogP contribution in [-0.4, -0.2) is 40.7 Å². The van der Waals surface area contributed by atoms with Gasteiger partial charge < -0.3 is 15.5 Å². The van der Waals surface area contributed by atoms with E-state index < -0.39 is 0 Å². The lowest BCUT2D eigenvalue weighted by Gasteiger charge is -2.34. The van der Waals surface area contributed by atoms with E-state index in [1.165, 1.54) is 0 Å². The summed E-state index contributed by atoms with van der Waals surface area (Å²) in [5.41, 5.74) is 4.11. The molecule has 0 spiro atoms. The van der Waals surface area contributed by atoms with Crippen molar-refractivity contribution in [1.82, 2.24) is 15.2 Å². The minimum Gasteiger partial charge on any atom is -0.348 e. The number of nitrogens with zero attached hydrogens (tertiary/aromatic N) is 2. The van der Waals surface area contributed by atoms with E-state index in [1.54, 1.807) is 18.5 Å². The summed E-state index contributed by atoms with van der Waals surface area (Å²) >= 11 is 0. The molecule has 3 amide bonds. The first-order valence-corrected chi connectivity index (χ1v) is 12.0. The summed E-state index contributed by atoms with van der Waals surface area (Å²) in [6, 6.07) is 18.9. The summed E-state index contributed by atoms with van der Waals surface area (Å²) in [4.78, 5) is 44.4. The SMILES string of the molecule is O=C(NCc1cccnc1)c1ccc2c(c1)C(C1CCN(C(=O)Cc3ccccc3)CC1)C(=O)N2. The Kier molecular flexibility index (Phi) is 6.57. The van der Waals surface area contributed by atoms with Crippen LogP contribution in [0.1, 0.15) is 45.8 Å². The van der Waals surface area contributed by atoms with Gasteiger partial charge in [-0.15, -0.1) is 0 Å². The number of amides is 3. The zero-order chi connectivity index (χ0) is 24.2. The van der Waals surface area contributed by atoms with E-state index in [4.69, 9.17) is 0 Å². The molecule has 1 unspecified atom stereocenters. The average molecular weight is 469 g/mol. The van der Waals surface area contributed by atoms with E-state index in [2.05, 4.69) is 15.6 Å². The second kappa shape index (κ2) is 10.1. The molecule has 0 radical (unpaired) electrons. The lowest BCUT2D eigenvalue weighted by atomic mass is 9.80. The number of fused-ring (bicyclic) bond motifs is 1. The number of hydrogen-bond donors (Lipinski definition) is 2. The number of anilines is 1. The van der Waals surface area contributed by atoms with Crippen LogP contribution in [0.2, 0.25) is 0 Å². The number of nitrogens with one attached hydrogen (secondary N) is 2. The monoisotopic (exact) mass is 468 g/mol. The normalized spacial score (nSPS) is 17.5. The molecule has 3 aromatic rings. The van der Waals surface area contributed by atoms with Crippen LogP contribution in [0.25, 0.3) is 0 Å². The topological polar surface area (TPSA) is 91.4 Å². The van der Waals surface area contributed by atoms with Gasteiger partial charge in [0.1, 0.15) is 0 Å². The average Bonchev–Trinajstić information content (AvgIpc) is 3.23. The molecule has 3 heterocycles. The fourth-order valence-corrected chi connectivity index (χ4v) is 5.05. The number of likely N-dealkylation sites (tertiary alicyclic amines) is 1. The number of piperidine rings is 1. The molecule has 1 atom stereocenters. The number of benzene rings is 2. The van der Waals surface area contributed by atoms with Gasteiger partial charge in [0.2, 0.25) is 11.8 Å². The van der Waals surface area contributed by atoms with Crippen molar-refractivity contribution >= 4 is 23.4 Å². The van der Waals surface area contributed by atoms with E-state index in [9.17, 15) is 14.4 Å². The van der Waals surface area contributed by atoms with Crippen molar-refractivity contribution in [2.24, 2.45) is 5.92 Å². The van der Waals surface area contributed by atoms with Gasteiger partial charge in [-0.25, -0.2) is 0 Å². The Bertz CT molecular complexity index is 1220. The number of rotatable bonds is 6. The summed E-state index contributed by atoms with van der Waals surface area (Å²) in [7, 11) is 0. The summed E-state index contributed by atoms with van der Waals surface area (Å²) < 4.78 is 0. The van der Waals surface area contributed by atoms with E-state index in [0.29, 0.717) is 31.6 Å². The highest BCUT2D eigenvalue weighted by Crippen LogP contribution is 2.41. The predicted molar refractivity (Wildman–Crippen MR) is 133 cm³/mol. The molecule has 0 aliphatic carbocycles. The van der Waals surface area contributed by atoms with Crippen molar-refractivity contribution in [2.45, 2.75) is 31.7 Å². The maximum absolute atomic E-state index is 12.9. The van der Waals surface area contributed by atoms with Gasteiger partial charge in [0.15, 0.2) is 0 Å². The van der Waals surface area contributed by atoms with Gasteiger partial charge in [-0.3, -0.25) is 19.4 Å². The van der Waals surface area contributed by atoms with Gasteiger partial charge in [-0.1, -0.05) is 36.4 Å². The highest BCUT2D eigenvalue weighted by molar-refractivity contribution is 6.04. The number of pyridine rings is 1. The maximum Gasteiger partial charge on any atom is 0.251 e. The zero-order valence-electron chi connectivity index (χ0n) is 19.4. The van der Waals surface area contributed by atoms with Crippen LogP contribution in [0.15, 0.2) is 73.1 Å². The first-order valence-electron chi connectivity index (χ1n) is 12.0. The lowest BCUT2D eigenvalue weighted by molar-refractivity contribution is -0.132. The Morgan fingerprint density at radius 1 is 1.00 bits per heavy atom. The molecule has 0 bridgehead atoms. The first kappa shape index (κ1) is 22.8. The molecule has 35 heavy (non-hydrogen) atoms. The van der Waals surface area contributed by atoms with E-state index in [-0.39, 0.29) is 29.6 Å². The molecule has 2 aliphatic heterocycles. The zero-order valence-corrected chi connectivity index (χ0v) is 19.4. The number of aromatic nitrogens is 1. The van der Waals surface area contributed by atoms with Gasteiger partial charge in [0.05, 0.1) is 12.3 Å². The molecule has 1 aromatic heterocycles. The van der Waals surface area contributed by atoms with E-state index in [0.717, 1.165) is 35.2 Å². The Morgan fingerprint density at radius 3 is 2.51 bits per heavy atom. The second-order valence-corrected chi connectivity index (χ2v) is 9.19. The second-order valence-electron chi connectivity index (χ2n) is 9.19. The molecule has 7 nitrogen and oxygen atoms in total. The van der Waals surface area contributed by atoms with Gasteiger partial charge in [0, 0.05) is 43.3 Å². The third kappa shape index (κ3) is 5.09. The van der Waals surface area contributed by atoms with Gasteiger partial charge in [0.25, 0.3) is 5.91 Å². The van der Waals surface area contributed by atoms with Crippen LogP contribution in [0, 0.1) is 5.92 Å². The van der Waals surface area contributed by atoms with Gasteiger partial charge in [-0.05, 0) is 59.7 Å². The molecule has 5 rings (SSSR count). The summed E-state index contributed by atoms with van der Waals surface area (Å²) in [6.07, 6.45) is 5.33. The van der Waals surface area contributed by atoms with Crippen LogP contribution < -0.4 is 10.6 Å². The molecular formula is C28H28N4O3. The van der Waals surface area contributed by atoms with Crippen molar-refractivity contribution in [1.29, 1.82) is 0 Å². The largest absolute Gasteiger partial charge is 0.348 e. The van der Waals surface area contributed by atoms with Crippen molar-refractivity contribution in [3.05, 3.63) is 95.3 Å². The number of carbonyl (C=O) groups excluding carboxylic acids is 3. The van der Waals surface area contributed by atoms with Crippen LogP contribution in [0.4, 0.5) is 5.69 Å². The molecule has 2 aliphatic rings. The van der Waals surface area contributed by atoms with Crippen molar-refractivity contribution < 1.29 is 14.4 Å². The smallest absolute Gasteiger partial charge is 0.251 e. The highest BCUT2D eigenvalue weighted by Gasteiger charge is 2.39. The van der Waals surface area contributed by atoms with Gasteiger partial charge >= 0.3 is 0 Å². The maximum atomic E-state index is 12.9. The number of carbonyl (C=O) groups is 3. The standard InChI is InChI=1S/C28H28N4O3/c33-25(15-19-5-2-1-3-6-19)32-13-10-21(11-14-32)26-23-16-22(8-9-24(23)31-28(26)35)27(34)30-18-20-7-4-12-29-17-20/h1-9,12,16-17,21,26H,10-11,13-15,18H2,(H,30,34)(H,31,35). The van der Waals surface area contributed by atoms with Gasteiger partial charge in [-0.2, -0.15) is 0 Å². The third-order valence-corrected chi connectivity index (χ3v) is 6.93. The number of hydrogen-bond acceptors (Lipinski definition) is 4. The molecule has 7 heteroatoms. The molecule has 0 saturated carbocycles. The first-order chi connectivity index (χ1) is 17.1. The van der Waals surface area contributed by atoms with Crippen LogP contribution >= 0.6 is 0 Å². The molecule has 2 aromatic carbocycles. The van der Waals surface area contributed by atoms with E-state index in [1.807, 2.05) is 59.5 Å². The van der Waals surface area contributed by atoms with Crippen LogP contribution in [0.3, 0.4) is 0 Å². The Hall–Kier alpha value is -4.00. The van der Waals surface area contributed by atoms with Crippen molar-refractivity contribution in [3.8, 4) is 0 Å². The van der Waals surface area contributed by atoms with Crippen LogP contribution in [0.5, 0.6) is 0 Å². The Labute approximate surface area is 204 Å². The van der Waals surface area contributed by atoms with E-state index >= 15 is 0 Å². The van der Waals surface area contributed by atoms with Crippen molar-refractivity contribution in [2.75, 3.05) is 18.4 Å². The fourth-order valence-electron chi connectivity index (χ4n) is 5.05. The molecular weight excluding hydrogens is 440 g/mol.